The van der Waals surface area contributed by atoms with Gasteiger partial charge in [0.15, 0.2) is 5.71 Å². The quantitative estimate of drug-likeness (QED) is 0.228. The van der Waals surface area contributed by atoms with Crippen molar-refractivity contribution < 1.29 is 4.58 Å². The van der Waals surface area contributed by atoms with Gasteiger partial charge in [0.05, 0.1) is 5.41 Å². The van der Waals surface area contributed by atoms with E-state index < -0.39 is 0 Å². The largest absolute Gasteiger partial charge is 0.348 e. The molecule has 0 spiro atoms. The summed E-state index contributed by atoms with van der Waals surface area (Å²) in [6.07, 6.45) is 13.2. The van der Waals surface area contributed by atoms with E-state index in [2.05, 4.69) is 135 Å². The van der Waals surface area contributed by atoms with E-state index in [1.165, 1.54) is 66.6 Å². The van der Waals surface area contributed by atoms with Crippen LogP contribution in [-0.4, -0.2) is 24.4 Å². The van der Waals surface area contributed by atoms with Gasteiger partial charge in [-0.05, 0) is 89.6 Å². The normalized spacial score (nSPS) is 20.4. The number of hydrogen-bond acceptors (Lipinski definition) is 1. The van der Waals surface area contributed by atoms with Crippen molar-refractivity contribution in [1.82, 2.24) is 0 Å². The van der Waals surface area contributed by atoms with Crippen molar-refractivity contribution in [2.75, 3.05) is 19.0 Å². The van der Waals surface area contributed by atoms with Crippen molar-refractivity contribution in [3.63, 3.8) is 0 Å². The lowest BCUT2D eigenvalue weighted by atomic mass is 9.79. The first-order chi connectivity index (χ1) is 19.8. The van der Waals surface area contributed by atoms with Gasteiger partial charge in [0, 0.05) is 47.6 Å². The molecule has 0 atom stereocenters. The van der Waals surface area contributed by atoms with E-state index in [4.69, 9.17) is 11.6 Å². The zero-order chi connectivity index (χ0) is 28.3. The Morgan fingerprint density at radius 1 is 0.829 bits per heavy atom. The second kappa shape index (κ2) is 9.89. The molecule has 4 aromatic carbocycles. The lowest BCUT2D eigenvalue weighted by Gasteiger charge is -2.19. The molecule has 0 amide bonds. The number of anilines is 1. The first-order valence-corrected chi connectivity index (χ1v) is 15.1. The summed E-state index contributed by atoms with van der Waals surface area (Å²) in [5.74, 6) is 0. The lowest BCUT2D eigenvalue weighted by Crippen LogP contribution is -2.27. The summed E-state index contributed by atoms with van der Waals surface area (Å²) in [6, 6.07) is 26.4. The Bertz CT molecular complexity index is 1900. The second-order valence-corrected chi connectivity index (χ2v) is 12.5. The summed E-state index contributed by atoms with van der Waals surface area (Å²) in [7, 11) is 4.37. The third-order valence-electron chi connectivity index (χ3n) is 9.44. The maximum Gasteiger partial charge on any atom is 0.210 e. The maximum absolute atomic E-state index is 7.09. The maximum atomic E-state index is 7.09. The zero-order valence-electron chi connectivity index (χ0n) is 24.3. The zero-order valence-corrected chi connectivity index (χ0v) is 25.1. The summed E-state index contributed by atoms with van der Waals surface area (Å²) in [5.41, 5.74) is 10.4. The highest BCUT2D eigenvalue weighted by Crippen LogP contribution is 2.44. The molecule has 2 heterocycles. The predicted octanol–water partition coefficient (Wildman–Crippen LogP) is 9.73. The minimum absolute atomic E-state index is 0.0987. The van der Waals surface area contributed by atoms with Crippen LogP contribution in [0.25, 0.3) is 21.5 Å². The monoisotopic (exact) mass is 555 g/mol. The van der Waals surface area contributed by atoms with Crippen LogP contribution in [0, 0.1) is 0 Å². The minimum atomic E-state index is -0.0987. The number of halogens is 1. The average Bonchev–Trinajstić information content (AvgIpc) is 3.41. The highest BCUT2D eigenvalue weighted by molar-refractivity contribution is 6.32. The molecular weight excluding hydrogens is 520 g/mol. The van der Waals surface area contributed by atoms with Gasteiger partial charge in [0.2, 0.25) is 5.69 Å². The number of hydrogen-bond donors (Lipinski definition) is 0. The molecule has 0 N–H and O–H groups in total. The molecule has 0 saturated heterocycles. The number of rotatable bonds is 3. The van der Waals surface area contributed by atoms with Crippen LogP contribution in [0.1, 0.15) is 44.2 Å². The number of allylic oxidation sites excluding steroid dienone is 8. The third-order valence-corrected chi connectivity index (χ3v) is 9.92. The molecule has 3 aliphatic rings. The molecule has 41 heavy (non-hydrogen) atoms. The Hall–Kier alpha value is -3.88. The molecule has 2 aliphatic heterocycles. The fourth-order valence-electron chi connectivity index (χ4n) is 7.23. The van der Waals surface area contributed by atoms with E-state index in [0.29, 0.717) is 0 Å². The summed E-state index contributed by atoms with van der Waals surface area (Å²) >= 11 is 7.09. The number of nitrogens with zero attached hydrogens (tertiary/aromatic N) is 2. The average molecular weight is 556 g/mol. The molecule has 0 radical (unpaired) electrons. The first kappa shape index (κ1) is 26.0. The van der Waals surface area contributed by atoms with Crippen LogP contribution in [0.3, 0.4) is 0 Å². The van der Waals surface area contributed by atoms with Crippen molar-refractivity contribution in [3.8, 4) is 0 Å². The van der Waals surface area contributed by atoms with E-state index in [1.807, 2.05) is 0 Å². The topological polar surface area (TPSA) is 6.25 Å². The van der Waals surface area contributed by atoms with E-state index in [0.717, 1.165) is 30.7 Å². The molecule has 4 aromatic rings. The van der Waals surface area contributed by atoms with Gasteiger partial charge < -0.3 is 4.90 Å². The van der Waals surface area contributed by atoms with E-state index in [1.54, 1.807) is 0 Å². The Balaban J connectivity index is 1.18. The van der Waals surface area contributed by atoms with Crippen molar-refractivity contribution in [2.45, 2.75) is 44.9 Å². The molecule has 0 bridgehead atoms. The van der Waals surface area contributed by atoms with Gasteiger partial charge in [-0.2, -0.15) is 4.58 Å². The highest BCUT2D eigenvalue weighted by atomic mass is 35.5. The lowest BCUT2D eigenvalue weighted by molar-refractivity contribution is -0.401. The van der Waals surface area contributed by atoms with Gasteiger partial charge in [0.1, 0.15) is 7.05 Å². The van der Waals surface area contributed by atoms with Crippen molar-refractivity contribution in [2.24, 2.45) is 0 Å². The van der Waals surface area contributed by atoms with Crippen LogP contribution in [-0.2, 0) is 11.8 Å². The van der Waals surface area contributed by atoms with Crippen LogP contribution < -0.4 is 4.90 Å². The predicted molar refractivity (Wildman–Crippen MR) is 176 cm³/mol. The Labute approximate surface area is 248 Å². The number of likely N-dealkylation sites (N-methyl/N-ethyl adjacent to an activating group) is 1. The summed E-state index contributed by atoms with van der Waals surface area (Å²) in [6.45, 7) is 4.68. The molecule has 0 unspecified atom stereocenters. The van der Waals surface area contributed by atoms with Crippen LogP contribution >= 0.6 is 11.6 Å². The van der Waals surface area contributed by atoms with Gasteiger partial charge in [-0.15, -0.1) is 0 Å². The van der Waals surface area contributed by atoms with Crippen LogP contribution in [0.5, 0.6) is 0 Å². The van der Waals surface area contributed by atoms with Crippen LogP contribution in [0.15, 0.2) is 119 Å². The highest BCUT2D eigenvalue weighted by Gasteiger charge is 2.44. The van der Waals surface area contributed by atoms with Crippen LogP contribution in [0.2, 0.25) is 0 Å². The van der Waals surface area contributed by atoms with Crippen LogP contribution in [0.4, 0.5) is 11.4 Å². The number of fused-ring (bicyclic) bond motifs is 6. The molecule has 3 heteroatoms. The van der Waals surface area contributed by atoms with Gasteiger partial charge >= 0.3 is 0 Å². The second-order valence-electron chi connectivity index (χ2n) is 12.1. The van der Waals surface area contributed by atoms with E-state index in [-0.39, 0.29) is 5.41 Å². The molecule has 1 aliphatic carbocycles. The van der Waals surface area contributed by atoms with E-state index >= 15 is 0 Å². The van der Waals surface area contributed by atoms with Crippen molar-refractivity contribution in [3.05, 3.63) is 130 Å². The standard InChI is InChI=1S/C38H36ClN2/c1-38(2)35(41(4)34-22-18-26-11-6-8-15-31(26)36(34)38)23-19-28-13-9-12-27(37(28)39)16-20-29-24-32-30-14-7-5-10-25(30)17-21-33(32)40(29)3/h5-8,10-11,14-23H,9,12-13,24H2,1-4H3/q+1. The molecule has 0 aromatic heterocycles. The Morgan fingerprint density at radius 2 is 1.54 bits per heavy atom. The smallest absolute Gasteiger partial charge is 0.210 e. The summed E-state index contributed by atoms with van der Waals surface area (Å²) < 4.78 is 2.36. The number of benzene rings is 4. The van der Waals surface area contributed by atoms with Crippen molar-refractivity contribution >= 4 is 50.2 Å². The molecule has 7 rings (SSSR count). The third kappa shape index (κ3) is 4.19. The SMILES string of the molecule is CN1/C(=C/C=C2/CCCC(/C=C/C3=[N+](C)c4ccc5ccccc5c4C3(C)C)=C2Cl)Cc2c1ccc1ccccc21. The first-order valence-electron chi connectivity index (χ1n) is 14.7. The molecule has 2 nitrogen and oxygen atoms in total. The Kier molecular flexibility index (Phi) is 6.28. The fourth-order valence-corrected chi connectivity index (χ4v) is 7.54. The Morgan fingerprint density at radius 3 is 2.34 bits per heavy atom. The van der Waals surface area contributed by atoms with Gasteiger partial charge in [-0.1, -0.05) is 78.4 Å². The van der Waals surface area contributed by atoms with Crippen molar-refractivity contribution in [1.29, 1.82) is 0 Å². The minimum Gasteiger partial charge on any atom is -0.348 e. The van der Waals surface area contributed by atoms with Gasteiger partial charge in [0.25, 0.3) is 0 Å². The summed E-state index contributed by atoms with van der Waals surface area (Å²) in [4.78, 5) is 2.33. The fraction of sp³-hybridized carbons (Fsp3) is 0.237. The molecular formula is C38H36ClN2+. The molecule has 0 saturated carbocycles. The van der Waals surface area contributed by atoms with Gasteiger partial charge in [-0.25, -0.2) is 0 Å². The molecule has 204 valence electrons. The van der Waals surface area contributed by atoms with E-state index in [9.17, 15) is 0 Å². The van der Waals surface area contributed by atoms with Gasteiger partial charge in [-0.3, -0.25) is 0 Å². The molecule has 0 fully saturated rings. The summed E-state index contributed by atoms with van der Waals surface area (Å²) in [5, 5.41) is 6.20.